The third-order valence-electron chi connectivity index (χ3n) is 4.58. The molecule has 0 spiro atoms. The Labute approximate surface area is 186 Å². The average molecular weight is 458 g/mol. The summed E-state index contributed by atoms with van der Waals surface area (Å²) < 4.78 is 0. The van der Waals surface area contributed by atoms with Gasteiger partial charge in [-0.2, -0.15) is 0 Å². The van der Waals surface area contributed by atoms with E-state index in [1.807, 2.05) is 36.5 Å². The zero-order valence-electron chi connectivity index (χ0n) is 15.8. The van der Waals surface area contributed by atoms with Crippen LogP contribution < -0.4 is 10.5 Å². The third-order valence-corrected chi connectivity index (χ3v) is 5.44. The number of aromatic nitrogens is 3. The van der Waals surface area contributed by atoms with Crippen LogP contribution in [0.25, 0.3) is 10.9 Å². The minimum absolute atomic E-state index is 0. The normalized spacial score (nSPS) is 13.9. The number of para-hydroxylation sites is 1. The molecule has 3 N–H and O–H groups in total. The van der Waals surface area contributed by atoms with E-state index in [1.54, 1.807) is 17.8 Å². The Morgan fingerprint density at radius 1 is 1.00 bits per heavy atom. The molecule has 1 aliphatic rings. The van der Waals surface area contributed by atoms with Crippen LogP contribution in [-0.4, -0.2) is 63.8 Å². The molecule has 3 aromatic rings. The maximum absolute atomic E-state index is 12.1. The molecule has 1 saturated heterocycles. The fraction of sp³-hybridized carbons (Fsp3) is 0.316. The van der Waals surface area contributed by atoms with E-state index in [4.69, 9.17) is 0 Å². The lowest BCUT2D eigenvalue weighted by molar-refractivity contribution is 0.272. The maximum Gasteiger partial charge on any atom is 0.259 e. The summed E-state index contributed by atoms with van der Waals surface area (Å²) in [5.41, 5.74) is 0.685. The first-order chi connectivity index (χ1) is 12.8. The molecule has 29 heavy (non-hydrogen) atoms. The lowest BCUT2D eigenvalue weighted by atomic mass is 10.2. The van der Waals surface area contributed by atoms with Gasteiger partial charge in [0.2, 0.25) is 0 Å². The number of thioether (sulfide) groups is 1. The molecule has 0 unspecified atom stereocenters. The van der Waals surface area contributed by atoms with E-state index in [1.165, 1.54) is 0 Å². The summed E-state index contributed by atoms with van der Waals surface area (Å²) in [6.45, 7) is 5.02. The zero-order chi connectivity index (χ0) is 17.8. The highest BCUT2D eigenvalue weighted by molar-refractivity contribution is 7.99. The number of nitrogens with one attached hydrogen (secondary N) is 1. The van der Waals surface area contributed by atoms with Gasteiger partial charge in [0.05, 0.1) is 10.9 Å². The van der Waals surface area contributed by atoms with Crippen molar-refractivity contribution < 1.29 is 5.48 Å². The van der Waals surface area contributed by atoms with E-state index >= 15 is 0 Å². The summed E-state index contributed by atoms with van der Waals surface area (Å²) in [6.07, 6.45) is 1.84. The first-order valence-corrected chi connectivity index (χ1v) is 9.78. The molecule has 0 saturated carbocycles. The Balaban J connectivity index is 0.00000140. The van der Waals surface area contributed by atoms with Crippen molar-refractivity contribution in [2.24, 2.45) is 0 Å². The van der Waals surface area contributed by atoms with E-state index in [-0.39, 0.29) is 35.8 Å². The highest BCUT2D eigenvalue weighted by Gasteiger charge is 2.17. The minimum atomic E-state index is -0.0675. The molecule has 0 aliphatic carbocycles. The minimum Gasteiger partial charge on any atom is -0.412 e. The molecular formula is C19H25Cl2N5O2S. The number of piperazine rings is 1. The Hall–Kier alpha value is -1.84. The van der Waals surface area contributed by atoms with Gasteiger partial charge in [-0.05, 0) is 24.3 Å². The molecular weight excluding hydrogens is 433 g/mol. The van der Waals surface area contributed by atoms with Gasteiger partial charge in [0.1, 0.15) is 5.82 Å². The predicted octanol–water partition coefficient (Wildman–Crippen LogP) is 2.25. The van der Waals surface area contributed by atoms with Gasteiger partial charge in [-0.1, -0.05) is 30.0 Å². The third kappa shape index (κ3) is 6.32. The van der Waals surface area contributed by atoms with Crippen LogP contribution >= 0.6 is 36.6 Å². The van der Waals surface area contributed by atoms with Crippen molar-refractivity contribution in [1.29, 1.82) is 0 Å². The monoisotopic (exact) mass is 457 g/mol. The number of benzene rings is 1. The quantitative estimate of drug-likeness (QED) is 0.466. The van der Waals surface area contributed by atoms with Crippen molar-refractivity contribution in [2.75, 3.05) is 43.4 Å². The Bertz CT molecular complexity index is 937. The second kappa shape index (κ2) is 12.0. The topological polar surface area (TPSA) is 96.6 Å². The highest BCUT2D eigenvalue weighted by Crippen LogP contribution is 2.16. The second-order valence-electron chi connectivity index (χ2n) is 6.25. The molecule has 1 aliphatic heterocycles. The largest absolute Gasteiger partial charge is 0.412 e. The average Bonchev–Trinajstić information content (AvgIpc) is 2.69. The number of nitrogens with zero attached hydrogens (tertiary/aromatic N) is 4. The van der Waals surface area contributed by atoms with Crippen molar-refractivity contribution in [3.8, 4) is 0 Å². The Kier molecular flexibility index (Phi) is 10.4. The number of anilines is 1. The van der Waals surface area contributed by atoms with E-state index in [2.05, 4.69) is 30.8 Å². The van der Waals surface area contributed by atoms with E-state index in [0.29, 0.717) is 10.5 Å². The molecule has 7 nitrogen and oxygen atoms in total. The van der Waals surface area contributed by atoms with Crippen LogP contribution in [0.1, 0.15) is 0 Å². The number of hydrogen-bond donors (Lipinski definition) is 1. The van der Waals surface area contributed by atoms with Gasteiger partial charge >= 0.3 is 0 Å². The summed E-state index contributed by atoms with van der Waals surface area (Å²) in [5, 5.41) is 1.34. The predicted molar refractivity (Wildman–Crippen MR) is 124 cm³/mol. The van der Waals surface area contributed by atoms with Gasteiger partial charge in [0.25, 0.3) is 5.56 Å². The molecule has 3 heterocycles. The molecule has 158 valence electrons. The number of aromatic amines is 1. The van der Waals surface area contributed by atoms with Crippen molar-refractivity contribution >= 4 is 53.3 Å². The van der Waals surface area contributed by atoms with Gasteiger partial charge in [0, 0.05) is 44.7 Å². The van der Waals surface area contributed by atoms with Gasteiger partial charge < -0.3 is 15.4 Å². The van der Waals surface area contributed by atoms with Crippen LogP contribution in [0.3, 0.4) is 0 Å². The van der Waals surface area contributed by atoms with Crippen LogP contribution in [-0.2, 0) is 0 Å². The SMILES string of the molecule is Cl.Cl.O.O=c1[nH]c(SCCN2CCN(c3ccccn3)CC2)nc2ccccc12. The highest BCUT2D eigenvalue weighted by atomic mass is 35.5. The molecule has 1 aromatic carbocycles. The number of hydrogen-bond acceptors (Lipinski definition) is 6. The lowest BCUT2D eigenvalue weighted by Gasteiger charge is -2.35. The van der Waals surface area contributed by atoms with Gasteiger partial charge in [-0.25, -0.2) is 9.97 Å². The molecule has 0 radical (unpaired) electrons. The number of rotatable bonds is 5. The number of fused-ring (bicyclic) bond motifs is 1. The summed E-state index contributed by atoms with van der Waals surface area (Å²) in [6, 6.07) is 13.5. The number of H-pyrrole nitrogens is 1. The Morgan fingerprint density at radius 2 is 1.72 bits per heavy atom. The lowest BCUT2D eigenvalue weighted by Crippen LogP contribution is -2.47. The van der Waals surface area contributed by atoms with Crippen molar-refractivity contribution in [3.63, 3.8) is 0 Å². The molecule has 0 bridgehead atoms. The summed E-state index contributed by atoms with van der Waals surface area (Å²) in [7, 11) is 0. The summed E-state index contributed by atoms with van der Waals surface area (Å²) in [4.78, 5) is 28.7. The van der Waals surface area contributed by atoms with Crippen LogP contribution in [0.15, 0.2) is 58.6 Å². The maximum atomic E-state index is 12.1. The number of pyridine rings is 1. The van der Waals surface area contributed by atoms with Gasteiger partial charge in [0.15, 0.2) is 5.16 Å². The van der Waals surface area contributed by atoms with E-state index in [0.717, 1.165) is 49.8 Å². The Morgan fingerprint density at radius 3 is 2.45 bits per heavy atom. The molecule has 2 aromatic heterocycles. The summed E-state index contributed by atoms with van der Waals surface area (Å²) >= 11 is 1.61. The van der Waals surface area contributed by atoms with E-state index < -0.39 is 0 Å². The molecule has 4 rings (SSSR count). The zero-order valence-corrected chi connectivity index (χ0v) is 18.2. The molecule has 10 heteroatoms. The van der Waals surface area contributed by atoms with Crippen molar-refractivity contribution in [3.05, 3.63) is 59.0 Å². The van der Waals surface area contributed by atoms with Crippen LogP contribution in [0.4, 0.5) is 5.82 Å². The van der Waals surface area contributed by atoms with Crippen LogP contribution in [0, 0.1) is 0 Å². The van der Waals surface area contributed by atoms with E-state index in [9.17, 15) is 4.79 Å². The van der Waals surface area contributed by atoms with Gasteiger partial charge in [-0.15, -0.1) is 24.8 Å². The van der Waals surface area contributed by atoms with Crippen molar-refractivity contribution in [2.45, 2.75) is 5.16 Å². The first-order valence-electron chi connectivity index (χ1n) is 8.80. The summed E-state index contributed by atoms with van der Waals surface area (Å²) in [5.74, 6) is 1.96. The molecule has 0 amide bonds. The smallest absolute Gasteiger partial charge is 0.259 e. The number of halogens is 2. The standard InChI is InChI=1S/C19H21N5OS.2ClH.H2O/c25-18-15-5-1-2-6-16(15)21-19(22-18)26-14-13-23-9-11-24(12-10-23)17-7-3-4-8-20-17;;;/h1-8H,9-14H2,(H,21,22,25);2*1H;1H2. The fourth-order valence-electron chi connectivity index (χ4n) is 3.15. The van der Waals surface area contributed by atoms with Crippen LogP contribution in [0.5, 0.6) is 0 Å². The molecule has 0 atom stereocenters. The molecule has 1 fully saturated rings. The fourth-order valence-corrected chi connectivity index (χ4v) is 4.02. The van der Waals surface area contributed by atoms with Crippen LogP contribution in [0.2, 0.25) is 0 Å². The second-order valence-corrected chi connectivity index (χ2v) is 7.34. The first kappa shape index (κ1) is 25.2. The van der Waals surface area contributed by atoms with Gasteiger partial charge in [-0.3, -0.25) is 9.69 Å². The van der Waals surface area contributed by atoms with Crippen molar-refractivity contribution in [1.82, 2.24) is 19.9 Å².